The fourth-order valence-corrected chi connectivity index (χ4v) is 4.62. The molecule has 7 heteroatoms. The normalized spacial score (nSPS) is 13.0. The number of hydrogen-bond acceptors (Lipinski definition) is 5. The van der Waals surface area contributed by atoms with Gasteiger partial charge < -0.3 is 9.88 Å². The molecule has 1 aromatic carbocycles. The quantitative estimate of drug-likeness (QED) is 0.292. The van der Waals surface area contributed by atoms with Crippen LogP contribution in [0.5, 0.6) is 0 Å². The minimum absolute atomic E-state index is 0.750. The van der Waals surface area contributed by atoms with Crippen molar-refractivity contribution >= 4 is 39.9 Å². The Balaban J connectivity index is 0.000000438. The molecule has 0 atom stereocenters. The van der Waals surface area contributed by atoms with Crippen LogP contribution in [0.2, 0.25) is 5.02 Å². The summed E-state index contributed by atoms with van der Waals surface area (Å²) in [5.41, 5.74) is 4.98. The molecule has 0 amide bonds. The van der Waals surface area contributed by atoms with Crippen LogP contribution in [-0.2, 0) is 6.42 Å². The maximum Gasteiger partial charge on any atom is 0.180 e. The number of fused-ring (bicyclic) bond motifs is 1. The fraction of sp³-hybridized carbons (Fsp3) is 0.464. The highest BCUT2D eigenvalue weighted by Crippen LogP contribution is 2.26. The summed E-state index contributed by atoms with van der Waals surface area (Å²) in [5, 5.41) is 3.86. The van der Waals surface area contributed by atoms with E-state index in [2.05, 4.69) is 55.8 Å². The highest BCUT2D eigenvalue weighted by atomic mass is 35.5. The van der Waals surface area contributed by atoms with E-state index in [9.17, 15) is 0 Å². The Kier molecular flexibility index (Phi) is 10.1. The van der Waals surface area contributed by atoms with Crippen LogP contribution in [0.15, 0.2) is 35.7 Å². The van der Waals surface area contributed by atoms with Crippen LogP contribution in [0.3, 0.4) is 0 Å². The summed E-state index contributed by atoms with van der Waals surface area (Å²) >= 11 is 7.79. The monoisotopic (exact) mass is 511 g/mol. The Morgan fingerprint density at radius 3 is 2.46 bits per heavy atom. The number of thiazole rings is 1. The average molecular weight is 512 g/mol. The van der Waals surface area contributed by atoms with Crippen LogP contribution < -0.4 is 4.90 Å². The molecule has 0 saturated carbocycles. The van der Waals surface area contributed by atoms with Crippen molar-refractivity contribution in [3.8, 4) is 11.5 Å². The summed E-state index contributed by atoms with van der Waals surface area (Å²) in [6.07, 6.45) is 4.55. The molecule has 1 saturated heterocycles. The molecule has 5 nitrogen and oxygen atoms in total. The minimum Gasteiger partial charge on any atom is -0.357 e. The number of rotatable bonds is 5. The summed E-state index contributed by atoms with van der Waals surface area (Å²) in [6, 6.07) is 10.1. The Morgan fingerprint density at radius 1 is 1.06 bits per heavy atom. The van der Waals surface area contributed by atoms with Crippen LogP contribution in [0, 0.1) is 12.8 Å². The second kappa shape index (κ2) is 13.0. The van der Waals surface area contributed by atoms with Gasteiger partial charge in [0.15, 0.2) is 11.5 Å². The Morgan fingerprint density at radius 2 is 1.77 bits per heavy atom. The van der Waals surface area contributed by atoms with Crippen molar-refractivity contribution < 1.29 is 0 Å². The Hall–Kier alpha value is -2.44. The predicted octanol–water partition coefficient (Wildman–Crippen LogP) is 8.31. The van der Waals surface area contributed by atoms with Crippen molar-refractivity contribution in [2.24, 2.45) is 5.92 Å². The summed E-state index contributed by atoms with van der Waals surface area (Å²) < 4.78 is 0. The number of benzene rings is 1. The van der Waals surface area contributed by atoms with Gasteiger partial charge in [-0.2, -0.15) is 0 Å². The maximum absolute atomic E-state index is 6.15. The van der Waals surface area contributed by atoms with E-state index in [1.807, 2.05) is 31.4 Å². The second-order valence-electron chi connectivity index (χ2n) is 9.00. The molecular formula is C28H38ClN5S. The van der Waals surface area contributed by atoms with Gasteiger partial charge in [-0.3, -0.25) is 0 Å². The third kappa shape index (κ3) is 7.28. The molecular weight excluding hydrogens is 474 g/mol. The van der Waals surface area contributed by atoms with Crippen molar-refractivity contribution in [3.63, 3.8) is 0 Å². The number of halogens is 1. The van der Waals surface area contributed by atoms with E-state index >= 15 is 0 Å². The van der Waals surface area contributed by atoms with E-state index in [1.54, 1.807) is 11.3 Å². The predicted molar refractivity (Wildman–Crippen MR) is 152 cm³/mol. The van der Waals surface area contributed by atoms with Gasteiger partial charge in [0.2, 0.25) is 0 Å². The van der Waals surface area contributed by atoms with Gasteiger partial charge in [-0.05, 0) is 61.1 Å². The molecule has 0 radical (unpaired) electrons. The molecule has 188 valence electrons. The number of imidazole rings is 1. The van der Waals surface area contributed by atoms with Gasteiger partial charge in [0.05, 0.1) is 10.5 Å². The molecule has 0 aliphatic carbocycles. The van der Waals surface area contributed by atoms with Crippen molar-refractivity contribution in [1.82, 2.24) is 19.9 Å². The van der Waals surface area contributed by atoms with Gasteiger partial charge in [-0.15, -0.1) is 11.3 Å². The number of H-pyrrole nitrogens is 1. The van der Waals surface area contributed by atoms with Crippen LogP contribution >= 0.6 is 22.9 Å². The largest absolute Gasteiger partial charge is 0.357 e. The number of anilines is 1. The fourth-order valence-electron chi connectivity index (χ4n) is 3.62. The molecule has 1 N–H and O–H groups in total. The summed E-state index contributed by atoms with van der Waals surface area (Å²) in [7, 11) is 0. The molecule has 1 fully saturated rings. The number of aromatic nitrogens is 4. The molecule has 3 aromatic heterocycles. The molecule has 1 aliphatic rings. The third-order valence-electron chi connectivity index (χ3n) is 6.02. The SMILES string of the molecule is CC.CCC(C)C.Cc1ccc(Cl)cc1Cc1nc(-c2nc3nc(N4CCCC4)ccc3[nH]2)cs1. The minimum atomic E-state index is 0.750. The topological polar surface area (TPSA) is 57.7 Å². The lowest BCUT2D eigenvalue weighted by molar-refractivity contribution is 0.626. The first-order chi connectivity index (χ1) is 16.9. The van der Waals surface area contributed by atoms with Crippen molar-refractivity contribution in [3.05, 3.63) is 56.9 Å². The lowest BCUT2D eigenvalue weighted by atomic mass is 10.1. The van der Waals surface area contributed by atoms with Gasteiger partial charge in [0.25, 0.3) is 0 Å². The Bertz CT molecular complexity index is 1210. The van der Waals surface area contributed by atoms with E-state index in [4.69, 9.17) is 26.6 Å². The van der Waals surface area contributed by atoms with Crippen LogP contribution in [-0.4, -0.2) is 33.0 Å². The lowest BCUT2D eigenvalue weighted by Gasteiger charge is -2.15. The summed E-state index contributed by atoms with van der Waals surface area (Å²) in [5.74, 6) is 2.67. The number of nitrogens with one attached hydrogen (secondary N) is 1. The van der Waals surface area contributed by atoms with Crippen molar-refractivity contribution in [2.75, 3.05) is 18.0 Å². The van der Waals surface area contributed by atoms with E-state index in [-0.39, 0.29) is 0 Å². The molecule has 5 rings (SSSR count). The van der Waals surface area contributed by atoms with E-state index in [1.165, 1.54) is 30.4 Å². The molecule has 0 spiro atoms. The van der Waals surface area contributed by atoms with E-state index in [0.717, 1.165) is 64.0 Å². The van der Waals surface area contributed by atoms with Gasteiger partial charge in [-0.1, -0.05) is 58.7 Å². The molecule has 35 heavy (non-hydrogen) atoms. The maximum atomic E-state index is 6.15. The zero-order valence-corrected chi connectivity index (χ0v) is 23.4. The first-order valence-corrected chi connectivity index (χ1v) is 14.0. The first-order valence-electron chi connectivity index (χ1n) is 12.7. The van der Waals surface area contributed by atoms with Crippen LogP contribution in [0.25, 0.3) is 22.7 Å². The summed E-state index contributed by atoms with van der Waals surface area (Å²) in [6.45, 7) is 14.9. The number of pyridine rings is 1. The van der Waals surface area contributed by atoms with Gasteiger partial charge in [0, 0.05) is 29.9 Å². The van der Waals surface area contributed by atoms with Gasteiger partial charge in [-0.25, -0.2) is 15.0 Å². The molecule has 4 heterocycles. The molecule has 4 aromatic rings. The summed E-state index contributed by atoms with van der Waals surface area (Å²) in [4.78, 5) is 19.9. The number of hydrogen-bond donors (Lipinski definition) is 1. The standard InChI is InChI=1S/C21H20ClN5S.C5H12.C2H6/c1-13-4-5-15(22)10-14(13)11-19-23-17(12-28-19)21-24-16-6-7-18(25-20(16)26-21)27-8-2-3-9-27;1-4-5(2)3;1-2/h4-7,10,12H,2-3,8-9,11H2,1H3,(H,24,25,26);5H,4H2,1-3H3;1-2H3. The van der Waals surface area contributed by atoms with Crippen molar-refractivity contribution in [2.45, 2.75) is 67.2 Å². The second-order valence-corrected chi connectivity index (χ2v) is 10.4. The number of aryl methyl sites for hydroxylation is 1. The zero-order chi connectivity index (χ0) is 25.4. The zero-order valence-electron chi connectivity index (χ0n) is 21.9. The van der Waals surface area contributed by atoms with Gasteiger partial charge in [0.1, 0.15) is 11.5 Å². The average Bonchev–Trinajstić information content (AvgIpc) is 3.63. The lowest BCUT2D eigenvalue weighted by Crippen LogP contribution is -2.18. The highest BCUT2D eigenvalue weighted by molar-refractivity contribution is 7.10. The van der Waals surface area contributed by atoms with Crippen molar-refractivity contribution in [1.29, 1.82) is 0 Å². The van der Waals surface area contributed by atoms with E-state index in [0.29, 0.717) is 0 Å². The molecule has 1 aliphatic heterocycles. The third-order valence-corrected chi connectivity index (χ3v) is 7.11. The Labute approximate surface area is 219 Å². The highest BCUT2D eigenvalue weighted by Gasteiger charge is 2.16. The van der Waals surface area contributed by atoms with Crippen LogP contribution in [0.4, 0.5) is 5.82 Å². The first kappa shape index (κ1) is 27.2. The molecule has 0 bridgehead atoms. The van der Waals surface area contributed by atoms with Crippen LogP contribution in [0.1, 0.15) is 70.0 Å². The van der Waals surface area contributed by atoms with Gasteiger partial charge >= 0.3 is 0 Å². The number of aromatic amines is 1. The smallest absolute Gasteiger partial charge is 0.180 e. The van der Waals surface area contributed by atoms with E-state index < -0.39 is 0 Å². The molecule has 0 unspecified atom stereocenters. The number of nitrogens with zero attached hydrogens (tertiary/aromatic N) is 4.